The highest BCUT2D eigenvalue weighted by atomic mass is 32.2. The van der Waals surface area contributed by atoms with Crippen LogP contribution in [0.1, 0.15) is 16.1 Å². The van der Waals surface area contributed by atoms with E-state index in [0.29, 0.717) is 17.2 Å². The van der Waals surface area contributed by atoms with E-state index < -0.39 is 15.7 Å². The summed E-state index contributed by atoms with van der Waals surface area (Å²) in [6.07, 6.45) is 0. The number of hydrogen-bond donors (Lipinski definition) is 1. The van der Waals surface area contributed by atoms with Crippen LogP contribution in [0.4, 0.5) is 5.69 Å². The maximum atomic E-state index is 12.7. The van der Waals surface area contributed by atoms with Crippen molar-refractivity contribution >= 4 is 21.4 Å². The lowest BCUT2D eigenvalue weighted by Crippen LogP contribution is -2.12. The minimum absolute atomic E-state index is 0.0937. The molecule has 0 fully saturated rings. The van der Waals surface area contributed by atoms with Crippen LogP contribution in [-0.2, 0) is 9.84 Å². The minimum Gasteiger partial charge on any atom is -0.497 e. The lowest BCUT2D eigenvalue weighted by atomic mass is 10.2. The van der Waals surface area contributed by atoms with Gasteiger partial charge in [-0.1, -0.05) is 17.7 Å². The van der Waals surface area contributed by atoms with Crippen LogP contribution in [0.25, 0.3) is 0 Å². The number of sulfone groups is 1. The Morgan fingerprint density at radius 3 is 2.32 bits per heavy atom. The van der Waals surface area contributed by atoms with E-state index in [9.17, 15) is 13.2 Å². The summed E-state index contributed by atoms with van der Waals surface area (Å²) in [5.41, 5.74) is 1.33. The van der Waals surface area contributed by atoms with Crippen molar-refractivity contribution in [1.82, 2.24) is 0 Å². The zero-order valence-electron chi connectivity index (χ0n) is 15.6. The molecule has 28 heavy (non-hydrogen) atoms. The average Bonchev–Trinajstić information content (AvgIpc) is 3.20. The molecule has 8 heteroatoms. The number of aryl methyl sites for hydroxylation is 1. The van der Waals surface area contributed by atoms with E-state index in [-0.39, 0.29) is 15.7 Å². The molecule has 3 aromatic rings. The summed E-state index contributed by atoms with van der Waals surface area (Å²) >= 11 is 0. The molecule has 0 aliphatic heterocycles. The number of nitrogens with one attached hydrogen (secondary N) is 1. The van der Waals surface area contributed by atoms with E-state index in [2.05, 4.69) is 5.32 Å². The molecule has 0 atom stereocenters. The molecule has 0 bridgehead atoms. The van der Waals surface area contributed by atoms with E-state index in [1.807, 2.05) is 6.92 Å². The predicted octanol–water partition coefficient (Wildman–Crippen LogP) is 3.69. The van der Waals surface area contributed by atoms with Gasteiger partial charge in [0.05, 0.1) is 24.8 Å². The second-order valence-electron chi connectivity index (χ2n) is 5.96. The number of methoxy groups -OCH3 is 2. The van der Waals surface area contributed by atoms with E-state index in [1.165, 1.54) is 38.5 Å². The van der Waals surface area contributed by atoms with Crippen molar-refractivity contribution in [3.63, 3.8) is 0 Å². The molecular formula is C20H19NO6S. The Kier molecular flexibility index (Phi) is 5.41. The van der Waals surface area contributed by atoms with Gasteiger partial charge in [-0.05, 0) is 43.3 Å². The Morgan fingerprint density at radius 1 is 0.964 bits per heavy atom. The van der Waals surface area contributed by atoms with Gasteiger partial charge < -0.3 is 19.2 Å². The molecule has 0 spiro atoms. The lowest BCUT2D eigenvalue weighted by Gasteiger charge is -2.10. The van der Waals surface area contributed by atoms with Crippen LogP contribution in [0.15, 0.2) is 69.0 Å². The quantitative estimate of drug-likeness (QED) is 0.677. The van der Waals surface area contributed by atoms with Crippen LogP contribution >= 0.6 is 0 Å². The van der Waals surface area contributed by atoms with Gasteiger partial charge in [-0.25, -0.2) is 8.42 Å². The Morgan fingerprint density at radius 2 is 1.68 bits per heavy atom. The number of carbonyl (C=O) groups is 1. The third-order valence-electron chi connectivity index (χ3n) is 4.06. The maximum absolute atomic E-state index is 12.7. The molecule has 0 saturated heterocycles. The topological polar surface area (TPSA) is 94.8 Å². The first-order valence-electron chi connectivity index (χ1n) is 8.30. The van der Waals surface area contributed by atoms with Crippen LogP contribution in [0.3, 0.4) is 0 Å². The van der Waals surface area contributed by atoms with Crippen LogP contribution in [0, 0.1) is 6.92 Å². The van der Waals surface area contributed by atoms with Crippen molar-refractivity contribution in [2.24, 2.45) is 0 Å². The fraction of sp³-hybridized carbons (Fsp3) is 0.150. The lowest BCUT2D eigenvalue weighted by molar-refractivity contribution is 0.0991. The Balaban J connectivity index is 1.84. The molecule has 1 N–H and O–H groups in total. The SMILES string of the molecule is COc1ccc(NC(=O)c2ccc(S(=O)(=O)c3ccc(C)cc3)o2)c(OC)c1. The molecule has 0 saturated carbocycles. The van der Waals surface area contributed by atoms with Gasteiger partial charge in [0.1, 0.15) is 11.5 Å². The monoisotopic (exact) mass is 401 g/mol. The van der Waals surface area contributed by atoms with Gasteiger partial charge in [-0.3, -0.25) is 4.79 Å². The molecule has 7 nitrogen and oxygen atoms in total. The summed E-state index contributed by atoms with van der Waals surface area (Å²) in [5, 5.41) is 2.33. The van der Waals surface area contributed by atoms with Crippen LogP contribution in [-0.4, -0.2) is 28.5 Å². The van der Waals surface area contributed by atoms with Gasteiger partial charge in [-0.15, -0.1) is 0 Å². The van der Waals surface area contributed by atoms with Crippen molar-refractivity contribution in [3.05, 3.63) is 65.9 Å². The highest BCUT2D eigenvalue weighted by molar-refractivity contribution is 7.91. The van der Waals surface area contributed by atoms with Crippen molar-refractivity contribution in [3.8, 4) is 11.5 Å². The van der Waals surface area contributed by atoms with Crippen molar-refractivity contribution in [2.45, 2.75) is 16.9 Å². The van der Waals surface area contributed by atoms with Gasteiger partial charge in [0, 0.05) is 6.07 Å². The fourth-order valence-electron chi connectivity index (χ4n) is 2.51. The van der Waals surface area contributed by atoms with Gasteiger partial charge >= 0.3 is 0 Å². The molecule has 1 aromatic heterocycles. The smallest absolute Gasteiger partial charge is 0.291 e. The first kappa shape index (κ1) is 19.5. The highest BCUT2D eigenvalue weighted by Gasteiger charge is 2.24. The minimum atomic E-state index is -3.85. The fourth-order valence-corrected chi connectivity index (χ4v) is 3.68. The average molecular weight is 401 g/mol. The number of furan rings is 1. The number of benzene rings is 2. The molecule has 1 heterocycles. The molecule has 0 aliphatic carbocycles. The number of rotatable bonds is 6. The third-order valence-corrected chi connectivity index (χ3v) is 5.70. The zero-order chi connectivity index (χ0) is 20.3. The normalized spacial score (nSPS) is 11.1. The Labute approximate surface area is 162 Å². The molecule has 0 aliphatic rings. The van der Waals surface area contributed by atoms with Crippen molar-refractivity contribution < 1.29 is 27.1 Å². The maximum Gasteiger partial charge on any atom is 0.291 e. The molecule has 1 amide bonds. The van der Waals surface area contributed by atoms with E-state index in [1.54, 1.807) is 30.3 Å². The van der Waals surface area contributed by atoms with Crippen LogP contribution in [0.2, 0.25) is 0 Å². The van der Waals surface area contributed by atoms with Crippen molar-refractivity contribution in [1.29, 1.82) is 0 Å². The molecule has 2 aromatic carbocycles. The summed E-state index contributed by atoms with van der Waals surface area (Å²) in [5.74, 6) is 0.225. The summed E-state index contributed by atoms with van der Waals surface area (Å²) < 4.78 is 41.0. The van der Waals surface area contributed by atoms with Gasteiger partial charge in [-0.2, -0.15) is 0 Å². The van der Waals surface area contributed by atoms with E-state index >= 15 is 0 Å². The zero-order valence-corrected chi connectivity index (χ0v) is 16.4. The Bertz CT molecular complexity index is 1100. The van der Waals surface area contributed by atoms with Gasteiger partial charge in [0.2, 0.25) is 14.9 Å². The highest BCUT2D eigenvalue weighted by Crippen LogP contribution is 2.30. The molecule has 0 unspecified atom stereocenters. The summed E-state index contributed by atoms with van der Waals surface area (Å²) in [6.45, 7) is 1.86. The second kappa shape index (κ2) is 7.77. The molecule has 146 valence electrons. The standard InChI is InChI=1S/C20H19NO6S/c1-13-4-7-15(8-5-13)28(23,24)19-11-10-17(27-19)20(22)21-16-9-6-14(25-2)12-18(16)26-3/h4-12H,1-3H3,(H,21,22). The predicted molar refractivity (Wildman–Crippen MR) is 103 cm³/mol. The summed E-state index contributed by atoms with van der Waals surface area (Å²) in [6, 6.07) is 13.8. The third kappa shape index (κ3) is 3.86. The first-order chi connectivity index (χ1) is 13.3. The van der Waals surface area contributed by atoms with Gasteiger partial charge in [0.25, 0.3) is 5.91 Å². The van der Waals surface area contributed by atoms with Crippen LogP contribution < -0.4 is 14.8 Å². The summed E-state index contributed by atoms with van der Waals surface area (Å²) in [7, 11) is -0.869. The number of anilines is 1. The number of ether oxygens (including phenoxy) is 2. The number of amides is 1. The molecule has 3 rings (SSSR count). The van der Waals surface area contributed by atoms with Crippen LogP contribution in [0.5, 0.6) is 11.5 Å². The number of carbonyl (C=O) groups excluding carboxylic acids is 1. The van der Waals surface area contributed by atoms with Crippen molar-refractivity contribution in [2.75, 3.05) is 19.5 Å². The van der Waals surface area contributed by atoms with E-state index in [4.69, 9.17) is 13.9 Å². The first-order valence-corrected chi connectivity index (χ1v) is 9.78. The largest absolute Gasteiger partial charge is 0.497 e. The van der Waals surface area contributed by atoms with Gasteiger partial charge in [0.15, 0.2) is 5.76 Å². The second-order valence-corrected chi connectivity index (χ2v) is 7.84. The Hall–Kier alpha value is -3.26. The molecular weight excluding hydrogens is 382 g/mol. The number of hydrogen-bond acceptors (Lipinski definition) is 6. The summed E-state index contributed by atoms with van der Waals surface area (Å²) in [4.78, 5) is 12.6. The van der Waals surface area contributed by atoms with E-state index in [0.717, 1.165) is 5.56 Å². The molecule has 0 radical (unpaired) electrons.